The normalized spacial score (nSPS) is 14.5. The van der Waals surface area contributed by atoms with E-state index in [0.717, 1.165) is 11.3 Å². The van der Waals surface area contributed by atoms with Crippen LogP contribution < -0.4 is 5.19 Å². The molecule has 120 valence electrons. The highest BCUT2D eigenvalue weighted by Gasteiger charge is 2.18. The van der Waals surface area contributed by atoms with Gasteiger partial charge in [-0.25, -0.2) is 0 Å². The van der Waals surface area contributed by atoms with E-state index in [-0.39, 0.29) is 5.56 Å². The lowest BCUT2D eigenvalue weighted by Gasteiger charge is -2.16. The Labute approximate surface area is 152 Å². The summed E-state index contributed by atoms with van der Waals surface area (Å²) in [4.78, 5) is 4.45. The number of thiophene rings is 1. The highest BCUT2D eigenvalue weighted by atomic mass is 32.1. The SMILES string of the molecule is [2H]C([2H])([2H])c1ccc(-c2cccc3c2sc2ccc([Si](C)(C)C)cc23)nc1. The van der Waals surface area contributed by atoms with Gasteiger partial charge in [-0.1, -0.05) is 61.2 Å². The van der Waals surface area contributed by atoms with Gasteiger partial charge in [0.05, 0.1) is 13.8 Å². The fraction of sp³-hybridized carbons (Fsp3) is 0.190. The molecule has 0 fully saturated rings. The van der Waals surface area contributed by atoms with Crippen LogP contribution in [0.4, 0.5) is 0 Å². The van der Waals surface area contributed by atoms with E-state index in [1.165, 1.54) is 31.6 Å². The molecule has 0 amide bonds. The second-order valence-corrected chi connectivity index (χ2v) is 13.3. The maximum absolute atomic E-state index is 7.52. The van der Waals surface area contributed by atoms with Crippen molar-refractivity contribution >= 4 is 44.8 Å². The summed E-state index contributed by atoms with van der Waals surface area (Å²) in [6.07, 6.45) is 1.47. The summed E-state index contributed by atoms with van der Waals surface area (Å²) in [5.41, 5.74) is 2.14. The van der Waals surface area contributed by atoms with Crippen molar-refractivity contribution in [3.63, 3.8) is 0 Å². The van der Waals surface area contributed by atoms with Gasteiger partial charge in [-0.2, -0.15) is 0 Å². The molecule has 24 heavy (non-hydrogen) atoms. The lowest BCUT2D eigenvalue weighted by molar-refractivity contribution is 1.27. The van der Waals surface area contributed by atoms with Gasteiger partial charge in [-0.3, -0.25) is 4.98 Å². The van der Waals surface area contributed by atoms with Gasteiger partial charge >= 0.3 is 0 Å². The number of rotatable bonds is 2. The van der Waals surface area contributed by atoms with Crippen molar-refractivity contribution in [2.45, 2.75) is 26.5 Å². The molecule has 0 radical (unpaired) electrons. The van der Waals surface area contributed by atoms with Crippen molar-refractivity contribution in [2.24, 2.45) is 0 Å². The Morgan fingerprint density at radius 3 is 2.58 bits per heavy atom. The molecule has 0 unspecified atom stereocenters. The Morgan fingerprint density at radius 1 is 1.00 bits per heavy atom. The molecule has 4 rings (SSSR count). The van der Waals surface area contributed by atoms with Crippen molar-refractivity contribution in [1.29, 1.82) is 0 Å². The summed E-state index contributed by atoms with van der Waals surface area (Å²) in [6, 6.07) is 16.6. The minimum absolute atomic E-state index is 0.273. The molecule has 0 bridgehead atoms. The molecule has 2 aromatic carbocycles. The molecule has 4 aromatic rings. The zero-order chi connectivity index (χ0) is 19.4. The van der Waals surface area contributed by atoms with Crippen LogP contribution in [0.2, 0.25) is 19.6 Å². The fourth-order valence-electron chi connectivity index (χ4n) is 3.02. The summed E-state index contributed by atoms with van der Waals surface area (Å²) >= 11 is 1.78. The summed E-state index contributed by atoms with van der Waals surface area (Å²) in [7, 11) is -1.37. The predicted octanol–water partition coefficient (Wildman–Crippen LogP) is 5.97. The molecule has 0 aliphatic carbocycles. The summed E-state index contributed by atoms with van der Waals surface area (Å²) in [5, 5.41) is 4.01. The molecule has 3 heteroatoms. The van der Waals surface area contributed by atoms with Gasteiger partial charge in [0, 0.05) is 36.0 Å². The maximum Gasteiger partial charge on any atom is 0.0776 e. The number of benzene rings is 2. The fourth-order valence-corrected chi connectivity index (χ4v) is 5.39. The lowest BCUT2D eigenvalue weighted by Crippen LogP contribution is -2.37. The zero-order valence-electron chi connectivity index (χ0n) is 17.1. The first-order chi connectivity index (χ1) is 12.6. The van der Waals surface area contributed by atoms with E-state index in [1.807, 2.05) is 6.07 Å². The topological polar surface area (TPSA) is 12.9 Å². The number of aromatic nitrogens is 1. The number of hydrogen-bond acceptors (Lipinski definition) is 2. The van der Waals surface area contributed by atoms with E-state index in [0.29, 0.717) is 0 Å². The third kappa shape index (κ3) is 2.58. The van der Waals surface area contributed by atoms with Gasteiger partial charge in [0.25, 0.3) is 0 Å². The molecular formula is C21H21NSSi. The van der Waals surface area contributed by atoms with Gasteiger partial charge in [0.1, 0.15) is 0 Å². The third-order valence-corrected chi connectivity index (χ3v) is 7.67. The van der Waals surface area contributed by atoms with E-state index in [4.69, 9.17) is 4.11 Å². The van der Waals surface area contributed by atoms with Crippen molar-refractivity contribution < 1.29 is 4.11 Å². The third-order valence-electron chi connectivity index (χ3n) is 4.40. The maximum atomic E-state index is 7.52. The van der Waals surface area contributed by atoms with Crippen LogP contribution in [0.25, 0.3) is 31.4 Å². The largest absolute Gasteiger partial charge is 0.256 e. The van der Waals surface area contributed by atoms with Gasteiger partial charge < -0.3 is 0 Å². The minimum atomic E-state index is -2.12. The Morgan fingerprint density at radius 2 is 1.88 bits per heavy atom. The molecule has 2 heterocycles. The van der Waals surface area contributed by atoms with Gasteiger partial charge in [-0.05, 0) is 24.5 Å². The van der Waals surface area contributed by atoms with Crippen LogP contribution in [-0.2, 0) is 0 Å². The molecule has 0 spiro atoms. The molecule has 0 atom stereocenters. The first kappa shape index (κ1) is 12.4. The molecule has 0 saturated carbocycles. The van der Waals surface area contributed by atoms with Crippen LogP contribution in [-0.4, -0.2) is 13.1 Å². The second kappa shape index (κ2) is 5.54. The standard InChI is InChI=1S/C21H21NSSi/c1-14-8-10-19(22-13-14)17-7-5-6-16-18-12-15(24(2,3)4)9-11-20(18)23-21(16)17/h5-13H,1-4H3/i1D3. The van der Waals surface area contributed by atoms with Crippen molar-refractivity contribution in [1.82, 2.24) is 4.98 Å². The molecule has 0 N–H and O–H groups in total. The summed E-state index contributed by atoms with van der Waals surface area (Å²) < 4.78 is 25.0. The molecule has 1 nitrogen and oxygen atoms in total. The number of nitrogens with zero attached hydrogens (tertiary/aromatic N) is 1. The lowest BCUT2D eigenvalue weighted by atomic mass is 10.1. The van der Waals surface area contributed by atoms with E-state index in [1.54, 1.807) is 17.4 Å². The molecular weight excluding hydrogens is 326 g/mol. The number of aryl methyl sites for hydroxylation is 1. The van der Waals surface area contributed by atoms with Gasteiger partial charge in [0.15, 0.2) is 0 Å². The summed E-state index contributed by atoms with van der Waals surface area (Å²) in [5.74, 6) is 0. The van der Waals surface area contributed by atoms with Crippen LogP contribution in [0.1, 0.15) is 9.68 Å². The zero-order valence-corrected chi connectivity index (χ0v) is 15.9. The molecule has 0 saturated heterocycles. The van der Waals surface area contributed by atoms with Crippen LogP contribution in [0.3, 0.4) is 0 Å². The van der Waals surface area contributed by atoms with E-state index < -0.39 is 14.9 Å². The number of hydrogen-bond donors (Lipinski definition) is 0. The van der Waals surface area contributed by atoms with Crippen LogP contribution in [0.15, 0.2) is 54.7 Å². The predicted molar refractivity (Wildman–Crippen MR) is 110 cm³/mol. The van der Waals surface area contributed by atoms with Crippen molar-refractivity contribution in [2.75, 3.05) is 0 Å². The average molecular weight is 351 g/mol. The number of pyridine rings is 1. The monoisotopic (exact) mass is 350 g/mol. The Bertz CT molecular complexity index is 1140. The highest BCUT2D eigenvalue weighted by Crippen LogP contribution is 2.39. The Hall–Kier alpha value is -1.97. The molecule has 0 aliphatic rings. The van der Waals surface area contributed by atoms with Crippen molar-refractivity contribution in [3.8, 4) is 11.3 Å². The van der Waals surface area contributed by atoms with Crippen LogP contribution in [0, 0.1) is 6.85 Å². The Kier molecular flexibility index (Phi) is 2.86. The second-order valence-electron chi connectivity index (χ2n) is 7.18. The summed E-state index contributed by atoms with van der Waals surface area (Å²) in [6.45, 7) is 4.97. The number of fused-ring (bicyclic) bond motifs is 3. The smallest absolute Gasteiger partial charge is 0.0776 e. The quantitative estimate of drug-likeness (QED) is 0.406. The minimum Gasteiger partial charge on any atom is -0.256 e. The molecule has 0 aliphatic heterocycles. The highest BCUT2D eigenvalue weighted by molar-refractivity contribution is 7.26. The first-order valence-corrected chi connectivity index (χ1v) is 12.4. The van der Waals surface area contributed by atoms with Crippen LogP contribution >= 0.6 is 11.3 Å². The van der Waals surface area contributed by atoms with E-state index >= 15 is 0 Å². The molecule has 2 aromatic heterocycles. The van der Waals surface area contributed by atoms with E-state index in [9.17, 15) is 0 Å². The van der Waals surface area contributed by atoms with E-state index in [2.05, 4.69) is 61.0 Å². The van der Waals surface area contributed by atoms with Gasteiger partial charge in [-0.15, -0.1) is 11.3 Å². The Balaban J connectivity index is 1.90. The van der Waals surface area contributed by atoms with Crippen molar-refractivity contribution in [3.05, 3.63) is 60.3 Å². The van der Waals surface area contributed by atoms with Gasteiger partial charge in [0.2, 0.25) is 0 Å². The average Bonchev–Trinajstić information content (AvgIpc) is 2.98. The van der Waals surface area contributed by atoms with Crippen LogP contribution in [0.5, 0.6) is 0 Å². The first-order valence-electron chi connectivity index (χ1n) is 9.57.